The highest BCUT2D eigenvalue weighted by Gasteiger charge is 2.18. The third-order valence-electron chi connectivity index (χ3n) is 3.58. The fourth-order valence-electron chi connectivity index (χ4n) is 2.36. The van der Waals surface area contributed by atoms with Gasteiger partial charge in [0.2, 0.25) is 10.0 Å². The van der Waals surface area contributed by atoms with Crippen LogP contribution in [-0.4, -0.2) is 32.4 Å². The van der Waals surface area contributed by atoms with Gasteiger partial charge in [-0.05, 0) is 24.7 Å². The summed E-state index contributed by atoms with van der Waals surface area (Å²) < 4.78 is 25.5. The minimum absolute atomic E-state index is 0.0329. The number of aliphatic hydroxyl groups is 1. The summed E-state index contributed by atoms with van der Waals surface area (Å²) in [5, 5.41) is 8.59. The lowest BCUT2D eigenvalue weighted by molar-refractivity contribution is 0.278. The maximum atomic E-state index is 11.5. The Hall–Kier alpha value is -0.130. The summed E-state index contributed by atoms with van der Waals surface area (Å²) in [7, 11) is -3.17. The molecule has 0 saturated heterocycles. The van der Waals surface area contributed by atoms with Crippen LogP contribution in [0.5, 0.6) is 0 Å². The van der Waals surface area contributed by atoms with Crippen LogP contribution in [0.3, 0.4) is 0 Å². The molecule has 0 unspecified atom stereocenters. The van der Waals surface area contributed by atoms with E-state index < -0.39 is 10.0 Å². The first-order chi connectivity index (χ1) is 8.03. The zero-order valence-corrected chi connectivity index (χ0v) is 11.5. The van der Waals surface area contributed by atoms with Gasteiger partial charge in [-0.15, -0.1) is 0 Å². The van der Waals surface area contributed by atoms with Gasteiger partial charge >= 0.3 is 0 Å². The quantitative estimate of drug-likeness (QED) is 0.731. The van der Waals surface area contributed by atoms with Crippen LogP contribution in [0.15, 0.2) is 0 Å². The largest absolute Gasteiger partial charge is 0.396 e. The number of rotatable bonds is 7. The summed E-state index contributed by atoms with van der Waals surface area (Å²) >= 11 is 0. The summed E-state index contributed by atoms with van der Waals surface area (Å²) in [6, 6.07) is 0. The van der Waals surface area contributed by atoms with Crippen LogP contribution >= 0.6 is 0 Å². The molecule has 0 atom stereocenters. The third-order valence-corrected chi connectivity index (χ3v) is 5.05. The van der Waals surface area contributed by atoms with E-state index in [9.17, 15) is 8.42 Å². The Balaban J connectivity index is 2.14. The normalized spacial score (nSPS) is 26.0. The average molecular weight is 263 g/mol. The summed E-state index contributed by atoms with van der Waals surface area (Å²) in [5.74, 6) is 1.56. The van der Waals surface area contributed by atoms with E-state index in [1.807, 2.05) is 0 Å². The molecule has 1 rings (SSSR count). The van der Waals surface area contributed by atoms with Crippen LogP contribution in [-0.2, 0) is 10.0 Å². The van der Waals surface area contributed by atoms with Crippen molar-refractivity contribution in [3.05, 3.63) is 0 Å². The van der Waals surface area contributed by atoms with E-state index >= 15 is 0 Å². The predicted molar refractivity (Wildman–Crippen MR) is 69.2 cm³/mol. The Morgan fingerprint density at radius 2 is 1.88 bits per heavy atom. The van der Waals surface area contributed by atoms with Crippen LogP contribution in [0.1, 0.15) is 45.4 Å². The molecular formula is C12H25NO3S. The zero-order chi connectivity index (χ0) is 12.7. The van der Waals surface area contributed by atoms with Crippen molar-refractivity contribution in [1.29, 1.82) is 0 Å². The third kappa shape index (κ3) is 6.38. The summed E-state index contributed by atoms with van der Waals surface area (Å²) in [6.07, 6.45) is 6.30. The molecule has 2 N–H and O–H groups in total. The molecule has 5 heteroatoms. The van der Waals surface area contributed by atoms with Gasteiger partial charge in [0.05, 0.1) is 5.75 Å². The molecule has 0 amide bonds. The molecule has 0 aliphatic heterocycles. The van der Waals surface area contributed by atoms with Crippen molar-refractivity contribution in [3.63, 3.8) is 0 Å². The highest BCUT2D eigenvalue weighted by molar-refractivity contribution is 7.89. The van der Waals surface area contributed by atoms with Crippen molar-refractivity contribution in [2.75, 3.05) is 18.9 Å². The Morgan fingerprint density at radius 3 is 2.47 bits per heavy atom. The minimum atomic E-state index is -3.17. The maximum Gasteiger partial charge on any atom is 0.211 e. The van der Waals surface area contributed by atoms with E-state index in [0.717, 1.165) is 12.3 Å². The van der Waals surface area contributed by atoms with Gasteiger partial charge < -0.3 is 5.11 Å². The van der Waals surface area contributed by atoms with Crippen molar-refractivity contribution in [1.82, 2.24) is 4.72 Å². The van der Waals surface area contributed by atoms with Gasteiger partial charge in [0, 0.05) is 13.2 Å². The standard InChI is InChI=1S/C12H25NO3S/c1-11-3-5-12(6-4-11)7-8-13-17(15,16)10-2-9-14/h11-14H,2-10H2,1H3. The SMILES string of the molecule is CC1CCC(CCNS(=O)(=O)CCCO)CC1. The van der Waals surface area contributed by atoms with E-state index in [1.165, 1.54) is 25.7 Å². The second kappa shape index (κ2) is 7.34. The van der Waals surface area contributed by atoms with Gasteiger partial charge in [0.25, 0.3) is 0 Å². The molecule has 1 fully saturated rings. The second-order valence-corrected chi connectivity index (χ2v) is 7.13. The van der Waals surface area contributed by atoms with Gasteiger partial charge in [-0.3, -0.25) is 0 Å². The Kier molecular flexibility index (Phi) is 6.44. The number of aliphatic hydroxyl groups excluding tert-OH is 1. The van der Waals surface area contributed by atoms with Gasteiger partial charge in [0.15, 0.2) is 0 Å². The van der Waals surface area contributed by atoms with E-state index in [4.69, 9.17) is 5.11 Å². The predicted octanol–water partition coefficient (Wildman–Crippen LogP) is 1.50. The van der Waals surface area contributed by atoms with Gasteiger partial charge in [0.1, 0.15) is 0 Å². The van der Waals surface area contributed by atoms with Crippen LogP contribution in [0.4, 0.5) is 0 Å². The topological polar surface area (TPSA) is 66.4 Å². The fourth-order valence-corrected chi connectivity index (χ4v) is 3.45. The molecule has 102 valence electrons. The molecule has 1 saturated carbocycles. The summed E-state index contributed by atoms with van der Waals surface area (Å²) in [5.41, 5.74) is 0. The molecule has 1 aliphatic rings. The number of hydrogen-bond donors (Lipinski definition) is 2. The molecule has 4 nitrogen and oxygen atoms in total. The van der Waals surface area contributed by atoms with Crippen LogP contribution < -0.4 is 4.72 Å². The lowest BCUT2D eigenvalue weighted by atomic mass is 9.81. The molecule has 0 aromatic carbocycles. The molecule has 0 aromatic heterocycles. The van der Waals surface area contributed by atoms with Crippen molar-refractivity contribution < 1.29 is 13.5 Å². The van der Waals surface area contributed by atoms with E-state index in [1.54, 1.807) is 0 Å². The van der Waals surface area contributed by atoms with Gasteiger partial charge in [-0.25, -0.2) is 13.1 Å². The molecule has 0 heterocycles. The maximum absolute atomic E-state index is 11.5. The van der Waals surface area contributed by atoms with Crippen molar-refractivity contribution in [2.45, 2.75) is 45.4 Å². The van der Waals surface area contributed by atoms with Crippen molar-refractivity contribution in [3.8, 4) is 0 Å². The van der Waals surface area contributed by atoms with Crippen molar-refractivity contribution in [2.24, 2.45) is 11.8 Å². The number of nitrogens with one attached hydrogen (secondary N) is 1. The van der Waals surface area contributed by atoms with E-state index in [2.05, 4.69) is 11.6 Å². The smallest absolute Gasteiger partial charge is 0.211 e. The minimum Gasteiger partial charge on any atom is -0.396 e. The summed E-state index contributed by atoms with van der Waals surface area (Å²) in [4.78, 5) is 0. The molecule has 0 radical (unpaired) electrons. The number of sulfonamides is 1. The molecule has 17 heavy (non-hydrogen) atoms. The van der Waals surface area contributed by atoms with Crippen LogP contribution in [0.2, 0.25) is 0 Å². The summed E-state index contributed by atoms with van der Waals surface area (Å²) in [6.45, 7) is 2.77. The monoisotopic (exact) mass is 263 g/mol. The molecular weight excluding hydrogens is 238 g/mol. The fraction of sp³-hybridized carbons (Fsp3) is 1.00. The molecule has 0 bridgehead atoms. The van der Waals surface area contributed by atoms with Gasteiger partial charge in [-0.1, -0.05) is 32.6 Å². The number of hydrogen-bond acceptors (Lipinski definition) is 3. The Bertz CT molecular complexity index is 295. The highest BCUT2D eigenvalue weighted by atomic mass is 32.2. The highest BCUT2D eigenvalue weighted by Crippen LogP contribution is 2.29. The Labute approximate surface area is 105 Å². The average Bonchev–Trinajstić information content (AvgIpc) is 2.29. The molecule has 0 spiro atoms. The second-order valence-electron chi connectivity index (χ2n) is 5.20. The first-order valence-electron chi connectivity index (χ1n) is 6.61. The van der Waals surface area contributed by atoms with E-state index in [-0.39, 0.29) is 12.4 Å². The molecule has 0 aromatic rings. The zero-order valence-electron chi connectivity index (χ0n) is 10.7. The lowest BCUT2D eigenvalue weighted by Gasteiger charge is -2.26. The van der Waals surface area contributed by atoms with Gasteiger partial charge in [-0.2, -0.15) is 0 Å². The molecule has 1 aliphatic carbocycles. The lowest BCUT2D eigenvalue weighted by Crippen LogP contribution is -2.29. The first kappa shape index (κ1) is 14.9. The van der Waals surface area contributed by atoms with E-state index in [0.29, 0.717) is 18.9 Å². The first-order valence-corrected chi connectivity index (χ1v) is 8.27. The van der Waals surface area contributed by atoms with Crippen molar-refractivity contribution >= 4 is 10.0 Å². The van der Waals surface area contributed by atoms with Crippen LogP contribution in [0, 0.1) is 11.8 Å². The Morgan fingerprint density at radius 1 is 1.24 bits per heavy atom. The van der Waals surface area contributed by atoms with Crippen LogP contribution in [0.25, 0.3) is 0 Å².